The fraction of sp³-hybridized carbons (Fsp3) is 0.233. The van der Waals surface area contributed by atoms with Crippen molar-refractivity contribution in [3.63, 3.8) is 0 Å². The van der Waals surface area contributed by atoms with Crippen LogP contribution in [0.5, 0.6) is 0 Å². The summed E-state index contributed by atoms with van der Waals surface area (Å²) in [5.41, 5.74) is 8.74. The summed E-state index contributed by atoms with van der Waals surface area (Å²) < 4.78 is 1.94. The van der Waals surface area contributed by atoms with Gasteiger partial charge in [0.1, 0.15) is 11.5 Å². The number of rotatable bonds is 4. The number of fused-ring (bicyclic) bond motifs is 4. The standard InChI is InChI=1S/C30H27N9/c1-18-3-5-23(24-15-34-35-28(18)24)27-29(19-7-10-31-11-8-19)36-39-25(9-12-32-30(27)39)20-4-6-26(33-14-20)38-17-21-13-22(38)16-37(21)2/h3-12,14-15,21-22H,13,16-17H2,1-2H3,(H,34,35)/t21-,22-/m0/s1. The van der Waals surface area contributed by atoms with Crippen LogP contribution in [0, 0.1) is 6.92 Å². The molecular formula is C30H27N9. The minimum absolute atomic E-state index is 0.553. The Labute approximate surface area is 225 Å². The van der Waals surface area contributed by atoms with Crippen LogP contribution in [0.15, 0.2) is 73.4 Å². The number of nitrogens with zero attached hydrogens (tertiary/aromatic N) is 8. The van der Waals surface area contributed by atoms with Gasteiger partial charge in [0.05, 0.1) is 23.0 Å². The lowest BCUT2D eigenvalue weighted by Crippen LogP contribution is -2.44. The van der Waals surface area contributed by atoms with Gasteiger partial charge >= 0.3 is 0 Å². The van der Waals surface area contributed by atoms with Crippen molar-refractivity contribution >= 4 is 22.4 Å². The third-order valence-electron chi connectivity index (χ3n) is 8.42. The number of H-pyrrole nitrogens is 1. The van der Waals surface area contributed by atoms with Crippen LogP contribution in [0.3, 0.4) is 0 Å². The van der Waals surface area contributed by atoms with Crippen molar-refractivity contribution in [1.29, 1.82) is 0 Å². The van der Waals surface area contributed by atoms with Crippen molar-refractivity contribution in [2.24, 2.45) is 0 Å². The molecule has 2 fully saturated rings. The van der Waals surface area contributed by atoms with Gasteiger partial charge in [0.2, 0.25) is 0 Å². The molecular weight excluding hydrogens is 486 g/mol. The number of pyridine rings is 2. The van der Waals surface area contributed by atoms with Crippen LogP contribution >= 0.6 is 0 Å². The second kappa shape index (κ2) is 8.44. The highest BCUT2D eigenvalue weighted by atomic mass is 15.4. The number of aromatic nitrogens is 7. The third kappa shape index (κ3) is 3.39. The van der Waals surface area contributed by atoms with E-state index in [2.05, 4.69) is 63.2 Å². The van der Waals surface area contributed by atoms with Gasteiger partial charge in [-0.05, 0) is 61.9 Å². The van der Waals surface area contributed by atoms with Gasteiger partial charge in [0.25, 0.3) is 0 Å². The van der Waals surface area contributed by atoms with Gasteiger partial charge in [-0.15, -0.1) is 0 Å². The Morgan fingerprint density at radius 2 is 1.77 bits per heavy atom. The maximum Gasteiger partial charge on any atom is 0.164 e. The number of likely N-dealkylation sites (tertiary alicyclic amines) is 1. The molecule has 9 heteroatoms. The smallest absolute Gasteiger partial charge is 0.164 e. The lowest BCUT2D eigenvalue weighted by Gasteiger charge is -2.32. The Morgan fingerprint density at radius 3 is 2.54 bits per heavy atom. The van der Waals surface area contributed by atoms with Crippen molar-refractivity contribution in [2.45, 2.75) is 25.4 Å². The van der Waals surface area contributed by atoms with E-state index in [4.69, 9.17) is 15.1 Å². The van der Waals surface area contributed by atoms with Crippen LogP contribution < -0.4 is 4.90 Å². The van der Waals surface area contributed by atoms with Gasteiger partial charge in [-0.2, -0.15) is 10.2 Å². The SMILES string of the molecule is Cc1ccc(-c2c(-c3ccncc3)nn3c(-c4ccc(N5C[C@@H]6C[C@H]5CN6C)nc4)ccnc23)c2cn[nH]c12. The normalized spacial score (nSPS) is 19.1. The first-order chi connectivity index (χ1) is 19.2. The lowest BCUT2D eigenvalue weighted by atomic mass is 9.97. The first kappa shape index (κ1) is 22.4. The third-order valence-corrected chi connectivity index (χ3v) is 8.42. The number of aromatic amines is 1. The van der Waals surface area contributed by atoms with E-state index in [1.165, 1.54) is 6.42 Å². The molecule has 39 heavy (non-hydrogen) atoms. The fourth-order valence-corrected chi connectivity index (χ4v) is 6.37. The highest BCUT2D eigenvalue weighted by Gasteiger charge is 2.41. The second-order valence-corrected chi connectivity index (χ2v) is 10.7. The van der Waals surface area contributed by atoms with Gasteiger partial charge < -0.3 is 4.90 Å². The van der Waals surface area contributed by atoms with E-state index in [-0.39, 0.29) is 0 Å². The Morgan fingerprint density at radius 1 is 0.872 bits per heavy atom. The molecule has 2 aliphatic rings. The zero-order valence-corrected chi connectivity index (χ0v) is 21.8. The predicted molar refractivity (Wildman–Crippen MR) is 151 cm³/mol. The van der Waals surface area contributed by atoms with Crippen molar-refractivity contribution in [3.8, 4) is 33.6 Å². The molecule has 0 amide bonds. The molecule has 2 bridgehead atoms. The van der Waals surface area contributed by atoms with E-state index in [0.717, 1.165) is 74.7 Å². The molecule has 192 valence electrons. The van der Waals surface area contributed by atoms with Crippen LogP contribution in [0.25, 0.3) is 50.2 Å². The Bertz CT molecular complexity index is 1840. The van der Waals surface area contributed by atoms with Crippen molar-refractivity contribution in [3.05, 3.63) is 79.0 Å². The van der Waals surface area contributed by atoms with Gasteiger partial charge in [-0.3, -0.25) is 15.0 Å². The second-order valence-electron chi connectivity index (χ2n) is 10.7. The van der Waals surface area contributed by atoms with Crippen molar-refractivity contribution in [2.75, 3.05) is 25.0 Å². The van der Waals surface area contributed by atoms with Crippen LogP contribution in [0.2, 0.25) is 0 Å². The molecule has 0 aliphatic carbocycles. The minimum atomic E-state index is 0.553. The molecule has 2 aliphatic heterocycles. The first-order valence-corrected chi connectivity index (χ1v) is 13.3. The number of hydrogen-bond donors (Lipinski definition) is 1. The monoisotopic (exact) mass is 513 g/mol. The molecule has 2 atom stereocenters. The van der Waals surface area contributed by atoms with Gasteiger partial charge in [0, 0.05) is 66.5 Å². The molecule has 5 aromatic heterocycles. The van der Waals surface area contributed by atoms with Crippen molar-refractivity contribution < 1.29 is 0 Å². The molecule has 0 spiro atoms. The number of benzene rings is 1. The van der Waals surface area contributed by atoms with Crippen LogP contribution in [-0.4, -0.2) is 71.9 Å². The summed E-state index contributed by atoms with van der Waals surface area (Å²) in [5.74, 6) is 1.05. The molecule has 2 saturated heterocycles. The highest BCUT2D eigenvalue weighted by molar-refractivity contribution is 6.03. The molecule has 9 nitrogen and oxygen atoms in total. The van der Waals surface area contributed by atoms with E-state index in [0.29, 0.717) is 12.1 Å². The zero-order valence-electron chi connectivity index (χ0n) is 21.8. The van der Waals surface area contributed by atoms with Gasteiger partial charge in [-0.1, -0.05) is 12.1 Å². The van der Waals surface area contributed by atoms with Crippen molar-refractivity contribution in [1.82, 2.24) is 39.7 Å². The molecule has 0 unspecified atom stereocenters. The number of anilines is 1. The van der Waals surface area contributed by atoms with E-state index < -0.39 is 0 Å². The van der Waals surface area contributed by atoms with Gasteiger partial charge in [0.15, 0.2) is 5.65 Å². The van der Waals surface area contributed by atoms with Crippen LogP contribution in [0.4, 0.5) is 5.82 Å². The molecule has 1 aromatic carbocycles. The summed E-state index contributed by atoms with van der Waals surface area (Å²) >= 11 is 0. The maximum absolute atomic E-state index is 5.14. The largest absolute Gasteiger partial charge is 0.351 e. The van der Waals surface area contributed by atoms with Crippen LogP contribution in [-0.2, 0) is 0 Å². The number of piperazine rings is 1. The van der Waals surface area contributed by atoms with Crippen LogP contribution in [0.1, 0.15) is 12.0 Å². The van der Waals surface area contributed by atoms with E-state index in [1.54, 1.807) is 12.4 Å². The number of aryl methyl sites for hydroxylation is 1. The number of nitrogens with one attached hydrogen (secondary N) is 1. The fourth-order valence-electron chi connectivity index (χ4n) is 6.37. The minimum Gasteiger partial charge on any atom is -0.351 e. The summed E-state index contributed by atoms with van der Waals surface area (Å²) in [6, 6.07) is 15.7. The molecule has 7 heterocycles. The quantitative estimate of drug-likeness (QED) is 0.368. The van der Waals surface area contributed by atoms with Gasteiger partial charge in [-0.25, -0.2) is 14.5 Å². The summed E-state index contributed by atoms with van der Waals surface area (Å²) in [4.78, 5) is 18.9. The molecule has 6 aromatic rings. The Balaban J connectivity index is 1.29. The van der Waals surface area contributed by atoms with E-state index in [1.807, 2.05) is 41.3 Å². The summed E-state index contributed by atoms with van der Waals surface area (Å²) in [5, 5.41) is 13.7. The lowest BCUT2D eigenvalue weighted by molar-refractivity contribution is 0.292. The highest BCUT2D eigenvalue weighted by Crippen LogP contribution is 2.40. The average Bonchev–Trinajstić information content (AvgIpc) is 3.77. The molecule has 0 saturated carbocycles. The zero-order chi connectivity index (χ0) is 26.1. The summed E-state index contributed by atoms with van der Waals surface area (Å²) in [7, 11) is 2.22. The number of likely N-dealkylation sites (N-methyl/N-ethyl adjacent to an activating group) is 1. The Kier molecular flexibility index (Phi) is 4.84. The first-order valence-electron chi connectivity index (χ1n) is 13.3. The molecule has 0 radical (unpaired) electrons. The van der Waals surface area contributed by atoms with E-state index in [9.17, 15) is 0 Å². The predicted octanol–water partition coefficient (Wildman–Crippen LogP) is 4.60. The topological polar surface area (TPSA) is 91.1 Å². The maximum atomic E-state index is 5.14. The Hall–Kier alpha value is -4.63. The summed E-state index contributed by atoms with van der Waals surface area (Å²) in [6.07, 6.45) is 10.5. The van der Waals surface area contributed by atoms with E-state index >= 15 is 0 Å². The molecule has 8 rings (SSSR count). The molecule has 1 N–H and O–H groups in total. The number of hydrogen-bond acceptors (Lipinski definition) is 7. The average molecular weight is 514 g/mol. The summed E-state index contributed by atoms with van der Waals surface area (Å²) in [6.45, 7) is 4.24.